The van der Waals surface area contributed by atoms with Crippen LogP contribution in [0.3, 0.4) is 0 Å². The number of rotatable bonds is 5. The molecular weight excluding hydrogens is 390 g/mol. The predicted molar refractivity (Wildman–Crippen MR) is 124 cm³/mol. The normalized spacial score (nSPS) is 15.5. The predicted octanol–water partition coefficient (Wildman–Crippen LogP) is 4.38. The highest BCUT2D eigenvalue weighted by molar-refractivity contribution is 5.91. The largest absolute Gasteiger partial charge is 0.497 e. The van der Waals surface area contributed by atoms with Crippen molar-refractivity contribution in [3.63, 3.8) is 0 Å². The zero-order valence-corrected chi connectivity index (χ0v) is 17.9. The van der Waals surface area contributed by atoms with E-state index >= 15 is 0 Å². The van der Waals surface area contributed by atoms with Crippen LogP contribution in [0.1, 0.15) is 18.4 Å². The number of fused-ring (bicyclic) bond motifs is 2. The maximum atomic E-state index is 12.1. The van der Waals surface area contributed by atoms with E-state index in [-0.39, 0.29) is 5.63 Å². The van der Waals surface area contributed by atoms with E-state index in [2.05, 4.69) is 46.1 Å². The van der Waals surface area contributed by atoms with Crippen LogP contribution in [-0.4, -0.2) is 43.2 Å². The molecule has 1 N–H and O–H groups in total. The lowest BCUT2D eigenvalue weighted by Crippen LogP contribution is -2.43. The van der Waals surface area contributed by atoms with Gasteiger partial charge in [0.2, 0.25) is 0 Å². The molecule has 0 saturated carbocycles. The Kier molecular flexibility index (Phi) is 5.16. The van der Waals surface area contributed by atoms with E-state index in [0.29, 0.717) is 11.6 Å². The second kappa shape index (κ2) is 8.12. The fraction of sp³-hybridized carbons (Fsp3) is 0.320. The molecule has 1 aliphatic heterocycles. The Morgan fingerprint density at radius 1 is 1.13 bits per heavy atom. The van der Waals surface area contributed by atoms with Crippen LogP contribution in [0.15, 0.2) is 63.9 Å². The van der Waals surface area contributed by atoms with Crippen molar-refractivity contribution in [3.8, 4) is 5.75 Å². The quantitative estimate of drug-likeness (QED) is 0.488. The average molecular weight is 418 g/mol. The summed E-state index contributed by atoms with van der Waals surface area (Å²) in [6.07, 6.45) is 4.09. The summed E-state index contributed by atoms with van der Waals surface area (Å²) in [6.45, 7) is 3.03. The second-order valence-electron chi connectivity index (χ2n) is 8.33. The number of piperidine rings is 1. The molecule has 0 atom stereocenters. The molecule has 0 unspecified atom stereocenters. The Balaban J connectivity index is 1.30. The molecule has 4 aromatic rings. The van der Waals surface area contributed by atoms with Crippen molar-refractivity contribution < 1.29 is 9.15 Å². The molecule has 5 rings (SSSR count). The number of aromatic amines is 1. The molecule has 6 nitrogen and oxygen atoms in total. The van der Waals surface area contributed by atoms with E-state index in [1.165, 1.54) is 16.5 Å². The Labute approximate surface area is 181 Å². The summed E-state index contributed by atoms with van der Waals surface area (Å²) in [6, 6.07) is 16.3. The van der Waals surface area contributed by atoms with E-state index in [9.17, 15) is 4.79 Å². The Morgan fingerprint density at radius 3 is 2.77 bits per heavy atom. The summed E-state index contributed by atoms with van der Waals surface area (Å²) in [5, 5.41) is 2.17. The lowest BCUT2D eigenvalue weighted by atomic mass is 10.0. The number of hydrogen-bond acceptors (Lipinski definition) is 5. The molecule has 0 aliphatic carbocycles. The Hall–Kier alpha value is -3.25. The van der Waals surface area contributed by atoms with E-state index in [4.69, 9.17) is 9.15 Å². The standard InChI is InChI=1S/C25H27N3O3/c1-27(23-15-25(29)31-24-6-4-20(30-2)14-21(23)24)19-8-11-28(12-9-19)16-17-3-5-22-18(13-17)7-10-26-22/h3-7,10,13-15,19,26H,8-9,11-12,16H2,1-2H3. The third-order valence-corrected chi connectivity index (χ3v) is 6.44. The SMILES string of the molecule is COc1ccc2oc(=O)cc(N(C)C3CCN(Cc4ccc5[nH]ccc5c4)CC3)c2c1. The summed E-state index contributed by atoms with van der Waals surface area (Å²) in [7, 11) is 3.72. The van der Waals surface area contributed by atoms with Crippen LogP contribution < -0.4 is 15.3 Å². The number of benzene rings is 2. The van der Waals surface area contributed by atoms with Gasteiger partial charge in [-0.05, 0) is 60.2 Å². The number of nitrogens with one attached hydrogen (secondary N) is 1. The van der Waals surface area contributed by atoms with E-state index in [1.54, 1.807) is 19.2 Å². The minimum absolute atomic E-state index is 0.322. The van der Waals surface area contributed by atoms with Gasteiger partial charge in [0.05, 0.1) is 12.8 Å². The second-order valence-corrected chi connectivity index (χ2v) is 8.33. The number of hydrogen-bond donors (Lipinski definition) is 1. The van der Waals surface area contributed by atoms with Gasteiger partial charge in [0.15, 0.2) is 0 Å². The lowest BCUT2D eigenvalue weighted by Gasteiger charge is -2.38. The maximum absolute atomic E-state index is 12.1. The van der Waals surface area contributed by atoms with Gasteiger partial charge >= 0.3 is 5.63 Å². The highest BCUT2D eigenvalue weighted by Gasteiger charge is 2.24. The van der Waals surface area contributed by atoms with Crippen LogP contribution in [0.4, 0.5) is 5.69 Å². The van der Waals surface area contributed by atoms with Gasteiger partial charge in [-0.3, -0.25) is 4.90 Å². The van der Waals surface area contributed by atoms with Gasteiger partial charge in [0.25, 0.3) is 0 Å². The van der Waals surface area contributed by atoms with Crippen LogP contribution in [0.5, 0.6) is 5.75 Å². The van der Waals surface area contributed by atoms with Crippen LogP contribution >= 0.6 is 0 Å². The fourth-order valence-corrected chi connectivity index (χ4v) is 4.67. The first-order valence-electron chi connectivity index (χ1n) is 10.7. The van der Waals surface area contributed by atoms with Crippen molar-refractivity contribution in [2.24, 2.45) is 0 Å². The minimum Gasteiger partial charge on any atom is -0.497 e. The first kappa shape index (κ1) is 19.7. The van der Waals surface area contributed by atoms with Crippen molar-refractivity contribution in [3.05, 3.63) is 70.7 Å². The van der Waals surface area contributed by atoms with Crippen LogP contribution in [-0.2, 0) is 6.54 Å². The first-order valence-corrected chi connectivity index (χ1v) is 10.7. The zero-order valence-electron chi connectivity index (χ0n) is 17.9. The third kappa shape index (κ3) is 3.91. The summed E-state index contributed by atoms with van der Waals surface area (Å²) < 4.78 is 10.8. The highest BCUT2D eigenvalue weighted by atomic mass is 16.5. The number of H-pyrrole nitrogens is 1. The van der Waals surface area contributed by atoms with Gasteiger partial charge in [-0.2, -0.15) is 0 Å². The molecule has 0 spiro atoms. The minimum atomic E-state index is -0.322. The van der Waals surface area contributed by atoms with Gasteiger partial charge in [0, 0.05) is 55.9 Å². The van der Waals surface area contributed by atoms with Crippen molar-refractivity contribution in [2.75, 3.05) is 32.1 Å². The van der Waals surface area contributed by atoms with E-state index < -0.39 is 0 Å². The molecule has 0 amide bonds. The number of aromatic nitrogens is 1. The zero-order chi connectivity index (χ0) is 21.4. The Bertz CT molecular complexity index is 1270. The molecule has 0 bridgehead atoms. The number of anilines is 1. The molecular formula is C25H27N3O3. The van der Waals surface area contributed by atoms with Gasteiger partial charge in [0.1, 0.15) is 11.3 Å². The highest BCUT2D eigenvalue weighted by Crippen LogP contribution is 2.31. The van der Waals surface area contributed by atoms with Crippen LogP contribution in [0, 0.1) is 0 Å². The number of likely N-dealkylation sites (tertiary alicyclic amines) is 1. The van der Waals surface area contributed by atoms with Gasteiger partial charge in [-0.15, -0.1) is 0 Å². The Morgan fingerprint density at radius 2 is 1.97 bits per heavy atom. The van der Waals surface area contributed by atoms with Gasteiger partial charge < -0.3 is 19.0 Å². The molecule has 1 fully saturated rings. The summed E-state index contributed by atoms with van der Waals surface area (Å²) in [5.41, 5.74) is 3.70. The monoisotopic (exact) mass is 417 g/mol. The smallest absolute Gasteiger partial charge is 0.338 e. The number of nitrogens with zero attached hydrogens (tertiary/aromatic N) is 2. The molecule has 2 aromatic heterocycles. The average Bonchev–Trinajstić information content (AvgIpc) is 3.26. The fourth-order valence-electron chi connectivity index (χ4n) is 4.67. The molecule has 2 aromatic carbocycles. The van der Waals surface area contributed by atoms with Crippen molar-refractivity contribution in [1.29, 1.82) is 0 Å². The number of methoxy groups -OCH3 is 1. The first-order chi connectivity index (χ1) is 15.1. The molecule has 6 heteroatoms. The number of ether oxygens (including phenoxy) is 1. The lowest BCUT2D eigenvalue weighted by molar-refractivity contribution is 0.203. The summed E-state index contributed by atoms with van der Waals surface area (Å²) in [5.74, 6) is 0.755. The molecule has 0 radical (unpaired) electrons. The third-order valence-electron chi connectivity index (χ3n) is 6.44. The molecule has 1 saturated heterocycles. The van der Waals surface area contributed by atoms with Crippen molar-refractivity contribution >= 4 is 27.6 Å². The molecule has 3 heterocycles. The molecule has 160 valence electrons. The summed E-state index contributed by atoms with van der Waals surface area (Å²) in [4.78, 5) is 20.1. The van der Waals surface area contributed by atoms with Crippen molar-refractivity contribution in [2.45, 2.75) is 25.4 Å². The van der Waals surface area contributed by atoms with Crippen molar-refractivity contribution in [1.82, 2.24) is 9.88 Å². The summed E-state index contributed by atoms with van der Waals surface area (Å²) >= 11 is 0. The maximum Gasteiger partial charge on any atom is 0.338 e. The van der Waals surface area contributed by atoms with Crippen LogP contribution in [0.25, 0.3) is 21.9 Å². The van der Waals surface area contributed by atoms with Gasteiger partial charge in [-0.25, -0.2) is 4.79 Å². The van der Waals surface area contributed by atoms with Crippen LogP contribution in [0.2, 0.25) is 0 Å². The van der Waals surface area contributed by atoms with E-state index in [1.807, 2.05) is 18.3 Å². The van der Waals surface area contributed by atoms with E-state index in [0.717, 1.165) is 49.3 Å². The molecule has 31 heavy (non-hydrogen) atoms. The van der Waals surface area contributed by atoms with Gasteiger partial charge in [-0.1, -0.05) is 6.07 Å². The molecule has 1 aliphatic rings. The topological polar surface area (TPSA) is 61.7 Å².